The fourth-order valence-corrected chi connectivity index (χ4v) is 2.58. The number of aliphatic imine (C=N–C) groups is 1. The zero-order valence-corrected chi connectivity index (χ0v) is 13.0. The van der Waals surface area contributed by atoms with E-state index in [0.717, 1.165) is 12.1 Å². The minimum absolute atomic E-state index is 0.00408. The number of anilines is 1. The normalized spacial score (nSPS) is 18.6. The summed E-state index contributed by atoms with van der Waals surface area (Å²) >= 11 is 6.04. The number of nitrogens with one attached hydrogen (secondary N) is 1. The van der Waals surface area contributed by atoms with Crippen molar-refractivity contribution in [2.75, 3.05) is 19.4 Å². The van der Waals surface area contributed by atoms with Crippen LogP contribution in [0, 0.1) is 5.82 Å². The van der Waals surface area contributed by atoms with Gasteiger partial charge in [-0.1, -0.05) is 11.6 Å². The third-order valence-corrected chi connectivity index (χ3v) is 3.58. The molecule has 5 N–H and O–H groups in total. The third-order valence-electron chi connectivity index (χ3n) is 3.22. The molecule has 0 unspecified atom stereocenters. The maximum absolute atomic E-state index is 13.0. The molecule has 1 aliphatic heterocycles. The summed E-state index contributed by atoms with van der Waals surface area (Å²) in [6.45, 7) is 0. The van der Waals surface area contributed by atoms with Gasteiger partial charge in [0.15, 0.2) is 0 Å². The molecule has 1 aromatic rings. The molecular weight excluding hydrogens is 327 g/mol. The van der Waals surface area contributed by atoms with Crippen LogP contribution in [0.5, 0.6) is 5.75 Å². The minimum atomic E-state index is -1.23. The first-order chi connectivity index (χ1) is 10.8. The molecule has 7 nitrogen and oxygen atoms in total. The molecule has 0 amide bonds. The molecule has 122 valence electrons. The van der Waals surface area contributed by atoms with Crippen LogP contribution in [0.15, 0.2) is 45.4 Å². The van der Waals surface area contributed by atoms with E-state index in [1.54, 1.807) is 0 Å². The summed E-state index contributed by atoms with van der Waals surface area (Å²) in [5.41, 5.74) is 6.37. The maximum atomic E-state index is 13.0. The number of nitrogens with zero attached hydrogens (tertiary/aromatic N) is 2. The quantitative estimate of drug-likeness (QED) is 0.622. The van der Waals surface area contributed by atoms with E-state index in [4.69, 9.17) is 17.3 Å². The zero-order valence-electron chi connectivity index (χ0n) is 12.3. The van der Waals surface area contributed by atoms with Gasteiger partial charge in [0, 0.05) is 20.2 Å². The second kappa shape index (κ2) is 6.17. The first-order valence-corrected chi connectivity index (χ1v) is 6.75. The highest BCUT2D eigenvalue weighted by molar-refractivity contribution is 6.49. The lowest BCUT2D eigenvalue weighted by atomic mass is 10.2. The summed E-state index contributed by atoms with van der Waals surface area (Å²) in [5, 5.41) is 21.6. The van der Waals surface area contributed by atoms with E-state index < -0.39 is 11.8 Å². The molecule has 9 heteroatoms. The van der Waals surface area contributed by atoms with Crippen molar-refractivity contribution < 1.29 is 19.4 Å². The van der Waals surface area contributed by atoms with Gasteiger partial charge in [-0.05, 0) is 12.1 Å². The number of nitrogens with two attached hydrogens (primary N) is 1. The van der Waals surface area contributed by atoms with Gasteiger partial charge in [0.05, 0.1) is 10.7 Å². The minimum Gasteiger partial charge on any atom is -0.506 e. The lowest BCUT2D eigenvalue weighted by molar-refractivity contribution is -0.133. The number of likely N-dealkylation sites (N-methyl/N-ethyl adjacent to an activating group) is 1. The van der Waals surface area contributed by atoms with Crippen LogP contribution in [-0.4, -0.2) is 40.9 Å². The van der Waals surface area contributed by atoms with E-state index in [0.29, 0.717) is 0 Å². The van der Waals surface area contributed by atoms with Gasteiger partial charge in [-0.15, -0.1) is 0 Å². The number of carboxylic acid groups (broad SMARTS) is 1. The Balaban J connectivity index is 2.46. The van der Waals surface area contributed by atoms with Crippen molar-refractivity contribution >= 4 is 29.0 Å². The average molecular weight is 341 g/mol. The van der Waals surface area contributed by atoms with Crippen molar-refractivity contribution in [1.82, 2.24) is 4.90 Å². The summed E-state index contributed by atoms with van der Waals surface area (Å²) in [4.78, 5) is 16.5. The molecule has 1 aliphatic rings. The van der Waals surface area contributed by atoms with Crippen LogP contribution in [0.25, 0.3) is 0 Å². The van der Waals surface area contributed by atoms with Crippen LogP contribution in [0.3, 0.4) is 0 Å². The number of aromatic hydroxyl groups is 1. The SMILES string of the molecule is C/N=C1/C(Cl)=C(C(=O)O)N(C)/C1=C(/N)Nc1ccc(F)cc1O. The van der Waals surface area contributed by atoms with Gasteiger partial charge in [0.2, 0.25) is 0 Å². The molecule has 2 rings (SSSR count). The predicted octanol–water partition coefficient (Wildman–Crippen LogP) is 1.62. The molecule has 0 fully saturated rings. The highest BCUT2D eigenvalue weighted by Gasteiger charge is 2.35. The van der Waals surface area contributed by atoms with Gasteiger partial charge in [-0.3, -0.25) is 4.99 Å². The van der Waals surface area contributed by atoms with Crippen molar-refractivity contribution in [3.8, 4) is 5.75 Å². The fraction of sp³-hybridized carbons (Fsp3) is 0.143. The fourth-order valence-electron chi connectivity index (χ4n) is 2.20. The van der Waals surface area contributed by atoms with Crippen LogP contribution >= 0.6 is 11.6 Å². The summed E-state index contributed by atoms with van der Waals surface area (Å²) in [7, 11) is 2.91. The van der Waals surface area contributed by atoms with E-state index in [1.165, 1.54) is 25.1 Å². The number of phenolic OH excluding ortho intramolecular Hbond substituents is 1. The molecule has 0 bridgehead atoms. The first kappa shape index (κ1) is 16.6. The van der Waals surface area contributed by atoms with Crippen molar-refractivity contribution in [2.45, 2.75) is 0 Å². The number of halogens is 2. The molecule has 23 heavy (non-hydrogen) atoms. The molecule has 0 saturated carbocycles. The van der Waals surface area contributed by atoms with E-state index in [-0.39, 0.29) is 39.4 Å². The standard InChI is InChI=1S/C14H14ClFN4O3/c1-18-10-9(15)11(14(22)23)20(2)12(10)13(17)19-7-4-3-6(16)5-8(7)21/h3-5,19,21H,17H2,1-2H3,(H,22,23)/b13-12-,18-10-. The zero-order chi connectivity index (χ0) is 17.3. The number of phenols is 1. The molecule has 1 aromatic carbocycles. The van der Waals surface area contributed by atoms with Crippen LogP contribution < -0.4 is 11.1 Å². The van der Waals surface area contributed by atoms with E-state index in [9.17, 15) is 19.4 Å². The third kappa shape index (κ3) is 2.93. The first-order valence-electron chi connectivity index (χ1n) is 6.37. The Morgan fingerprint density at radius 2 is 2.13 bits per heavy atom. The van der Waals surface area contributed by atoms with Gasteiger partial charge in [-0.2, -0.15) is 0 Å². The van der Waals surface area contributed by atoms with Gasteiger partial charge in [0.25, 0.3) is 0 Å². The smallest absolute Gasteiger partial charge is 0.354 e. The molecule has 0 radical (unpaired) electrons. The topological polar surface area (TPSA) is 111 Å². The average Bonchev–Trinajstić information content (AvgIpc) is 2.72. The molecule has 0 aliphatic carbocycles. The van der Waals surface area contributed by atoms with E-state index in [1.807, 2.05) is 0 Å². The van der Waals surface area contributed by atoms with E-state index >= 15 is 0 Å². The summed E-state index contributed by atoms with van der Waals surface area (Å²) in [6, 6.07) is 3.35. The van der Waals surface area contributed by atoms with Crippen LogP contribution in [0.1, 0.15) is 0 Å². The van der Waals surface area contributed by atoms with Crippen LogP contribution in [0.2, 0.25) is 0 Å². The monoisotopic (exact) mass is 340 g/mol. The van der Waals surface area contributed by atoms with Crippen molar-refractivity contribution in [3.63, 3.8) is 0 Å². The van der Waals surface area contributed by atoms with E-state index in [2.05, 4.69) is 10.3 Å². The number of hydrogen-bond acceptors (Lipinski definition) is 6. The second-order valence-corrected chi connectivity index (χ2v) is 5.03. The summed E-state index contributed by atoms with van der Waals surface area (Å²) in [6.07, 6.45) is 0. The highest BCUT2D eigenvalue weighted by Crippen LogP contribution is 2.33. The molecule has 0 saturated heterocycles. The second-order valence-electron chi connectivity index (χ2n) is 4.65. The number of rotatable bonds is 3. The maximum Gasteiger partial charge on any atom is 0.354 e. The molecular formula is C14H14ClFN4O3. The molecule has 0 aromatic heterocycles. The number of carboxylic acids is 1. The number of hydrogen-bond donors (Lipinski definition) is 4. The van der Waals surface area contributed by atoms with Crippen molar-refractivity contribution in [1.29, 1.82) is 0 Å². The summed E-state index contributed by atoms with van der Waals surface area (Å²) < 4.78 is 13.0. The van der Waals surface area contributed by atoms with Gasteiger partial charge >= 0.3 is 5.97 Å². The Morgan fingerprint density at radius 3 is 2.65 bits per heavy atom. The molecule has 0 atom stereocenters. The predicted molar refractivity (Wildman–Crippen MR) is 84.5 cm³/mol. The Labute approximate surface area is 136 Å². The van der Waals surface area contributed by atoms with Gasteiger partial charge < -0.3 is 26.2 Å². The highest BCUT2D eigenvalue weighted by atomic mass is 35.5. The largest absolute Gasteiger partial charge is 0.506 e. The van der Waals surface area contributed by atoms with Crippen LogP contribution in [-0.2, 0) is 4.79 Å². The van der Waals surface area contributed by atoms with Crippen molar-refractivity contribution in [2.24, 2.45) is 10.7 Å². The molecule has 1 heterocycles. The number of carbonyl (C=O) groups is 1. The Morgan fingerprint density at radius 1 is 1.48 bits per heavy atom. The Bertz CT molecular complexity index is 773. The van der Waals surface area contributed by atoms with Gasteiger partial charge in [-0.25, -0.2) is 9.18 Å². The number of aliphatic carboxylic acids is 1. The Hall–Kier alpha value is -2.74. The number of benzene rings is 1. The van der Waals surface area contributed by atoms with Gasteiger partial charge in [0.1, 0.15) is 34.5 Å². The lowest BCUT2D eigenvalue weighted by Crippen LogP contribution is -2.26. The van der Waals surface area contributed by atoms with Crippen molar-refractivity contribution in [3.05, 3.63) is 46.3 Å². The molecule has 0 spiro atoms. The number of allylic oxidation sites excluding steroid dienone is 1. The summed E-state index contributed by atoms with van der Waals surface area (Å²) in [5.74, 6) is -2.18. The van der Waals surface area contributed by atoms with Crippen LogP contribution in [0.4, 0.5) is 10.1 Å². The lowest BCUT2D eigenvalue weighted by Gasteiger charge is -2.19. The Kier molecular flexibility index (Phi) is 4.46.